The summed E-state index contributed by atoms with van der Waals surface area (Å²) in [6.45, 7) is 19.5. The number of rotatable bonds is 60. The number of hydrogen-bond donors (Lipinski definition) is 1. The zero-order chi connectivity index (χ0) is 54.2. The molecule has 1 amide bonds. The summed E-state index contributed by atoms with van der Waals surface area (Å²) in [6, 6.07) is 0. The number of carbonyl (C=O) groups is 3. The van der Waals surface area contributed by atoms with Crippen LogP contribution < -0.4 is 0 Å². The van der Waals surface area contributed by atoms with Crippen molar-refractivity contribution in [1.29, 1.82) is 0 Å². The van der Waals surface area contributed by atoms with Crippen molar-refractivity contribution in [3.05, 3.63) is 0 Å². The second-order valence-electron chi connectivity index (χ2n) is 23.1. The van der Waals surface area contributed by atoms with E-state index in [1.54, 1.807) is 0 Å². The Morgan fingerprint density at radius 1 is 0.351 bits per heavy atom. The lowest BCUT2D eigenvalue weighted by atomic mass is 9.95. The quantitative estimate of drug-likeness (QED) is 0.0475. The van der Waals surface area contributed by atoms with Crippen molar-refractivity contribution in [3.8, 4) is 0 Å². The fraction of sp³-hybridized carbons (Fsp3) is 0.954. The van der Waals surface area contributed by atoms with E-state index in [4.69, 9.17) is 9.47 Å². The number of aliphatic hydroxyl groups excluding tert-OH is 1. The molecule has 0 aromatic carbocycles. The van der Waals surface area contributed by atoms with Crippen molar-refractivity contribution in [3.63, 3.8) is 0 Å². The third kappa shape index (κ3) is 49.8. The first-order valence-electron chi connectivity index (χ1n) is 32.8. The molecule has 0 spiro atoms. The predicted molar refractivity (Wildman–Crippen MR) is 318 cm³/mol. The normalized spacial score (nSPS) is 12.5. The van der Waals surface area contributed by atoms with Crippen molar-refractivity contribution in [2.75, 3.05) is 72.7 Å². The van der Waals surface area contributed by atoms with Gasteiger partial charge in [-0.15, -0.1) is 0 Å². The highest BCUT2D eigenvalue weighted by Crippen LogP contribution is 2.22. The van der Waals surface area contributed by atoms with Gasteiger partial charge in [0.1, 0.15) is 0 Å². The molecular weight excluding hydrogens is 919 g/mol. The average molecular weight is 1050 g/mol. The molecule has 0 radical (unpaired) electrons. The number of nitrogens with zero attached hydrogens (tertiary/aromatic N) is 3. The summed E-state index contributed by atoms with van der Waals surface area (Å²) >= 11 is 0. The third-order valence-corrected chi connectivity index (χ3v) is 15.7. The Kier molecular flexibility index (Phi) is 56.1. The van der Waals surface area contributed by atoms with Crippen LogP contribution in [-0.2, 0) is 23.9 Å². The molecule has 0 aliphatic heterocycles. The SMILES string of the molecule is CCCCCCCCC(CCCCCC)COC(=O)CCCCCN(CCCCCC(=O)OCC(CCCCCC)CCCCCCCC)CCN(C)CCCCN(CCCCCCO)C(=O)CCCCCCC. The lowest BCUT2D eigenvalue weighted by molar-refractivity contribution is -0.146. The van der Waals surface area contributed by atoms with Gasteiger partial charge in [-0.2, -0.15) is 0 Å². The molecule has 2 atom stereocenters. The Labute approximate surface area is 461 Å². The Balaban J connectivity index is 5.21. The van der Waals surface area contributed by atoms with E-state index < -0.39 is 0 Å². The molecule has 0 aromatic rings. The zero-order valence-electron chi connectivity index (χ0n) is 50.7. The monoisotopic (exact) mass is 1050 g/mol. The van der Waals surface area contributed by atoms with Gasteiger partial charge in [-0.3, -0.25) is 14.4 Å². The minimum Gasteiger partial charge on any atom is -0.465 e. The average Bonchev–Trinajstić information content (AvgIpc) is 3.40. The molecule has 0 fully saturated rings. The minimum atomic E-state index is -0.0169. The van der Waals surface area contributed by atoms with Gasteiger partial charge in [0.2, 0.25) is 5.91 Å². The maximum atomic E-state index is 13.3. The maximum Gasteiger partial charge on any atom is 0.305 e. The van der Waals surface area contributed by atoms with E-state index in [1.165, 1.54) is 173 Å². The summed E-state index contributed by atoms with van der Waals surface area (Å²) in [5.41, 5.74) is 0. The number of hydrogen-bond acceptors (Lipinski definition) is 8. The largest absolute Gasteiger partial charge is 0.465 e. The summed E-state index contributed by atoms with van der Waals surface area (Å²) in [7, 11) is 2.24. The van der Waals surface area contributed by atoms with E-state index in [1.807, 2.05) is 0 Å². The number of unbranched alkanes of at least 4 members (excludes halogenated alkanes) is 28. The van der Waals surface area contributed by atoms with Crippen LogP contribution in [0.1, 0.15) is 317 Å². The number of amides is 1. The van der Waals surface area contributed by atoms with Crippen LogP contribution in [0.15, 0.2) is 0 Å². The van der Waals surface area contributed by atoms with E-state index >= 15 is 0 Å². The van der Waals surface area contributed by atoms with Crippen molar-refractivity contribution in [2.24, 2.45) is 11.8 Å². The molecule has 2 unspecified atom stereocenters. The molecule has 0 aliphatic carbocycles. The molecule has 0 heterocycles. The summed E-state index contributed by atoms with van der Waals surface area (Å²) in [6.07, 6.45) is 50.2. The molecule has 9 heteroatoms. The molecule has 0 saturated carbocycles. The topological polar surface area (TPSA) is 99.6 Å². The van der Waals surface area contributed by atoms with Gasteiger partial charge in [0, 0.05) is 52.0 Å². The Hall–Kier alpha value is -1.71. The lowest BCUT2D eigenvalue weighted by Gasteiger charge is -2.26. The van der Waals surface area contributed by atoms with E-state index in [9.17, 15) is 19.5 Å². The van der Waals surface area contributed by atoms with E-state index in [0.29, 0.717) is 50.2 Å². The van der Waals surface area contributed by atoms with E-state index in [-0.39, 0.29) is 18.5 Å². The first-order valence-corrected chi connectivity index (χ1v) is 32.8. The van der Waals surface area contributed by atoms with E-state index in [2.05, 4.69) is 56.4 Å². The van der Waals surface area contributed by atoms with Crippen molar-refractivity contribution in [1.82, 2.24) is 14.7 Å². The fourth-order valence-corrected chi connectivity index (χ4v) is 10.5. The summed E-state index contributed by atoms with van der Waals surface area (Å²) in [5, 5.41) is 9.21. The number of carbonyl (C=O) groups excluding carboxylic acids is 3. The highest BCUT2D eigenvalue weighted by atomic mass is 16.5. The van der Waals surface area contributed by atoms with Gasteiger partial charge in [0.25, 0.3) is 0 Å². The lowest BCUT2D eigenvalue weighted by Crippen LogP contribution is -2.36. The van der Waals surface area contributed by atoms with Crippen LogP contribution in [0.4, 0.5) is 0 Å². The third-order valence-electron chi connectivity index (χ3n) is 15.7. The summed E-state index contributed by atoms with van der Waals surface area (Å²) < 4.78 is 11.9. The molecule has 0 aliphatic rings. The fourth-order valence-electron chi connectivity index (χ4n) is 10.5. The van der Waals surface area contributed by atoms with Crippen LogP contribution in [0.2, 0.25) is 0 Å². The highest BCUT2D eigenvalue weighted by Gasteiger charge is 2.16. The van der Waals surface area contributed by atoms with Gasteiger partial charge >= 0.3 is 11.9 Å². The Bertz CT molecular complexity index is 1130. The van der Waals surface area contributed by atoms with Gasteiger partial charge in [0.05, 0.1) is 13.2 Å². The van der Waals surface area contributed by atoms with E-state index in [0.717, 1.165) is 136 Å². The molecule has 1 N–H and O–H groups in total. The van der Waals surface area contributed by atoms with Crippen LogP contribution in [0.5, 0.6) is 0 Å². The Morgan fingerprint density at radius 2 is 0.676 bits per heavy atom. The molecular formula is C65H129N3O6. The number of aliphatic hydroxyl groups is 1. The maximum absolute atomic E-state index is 13.3. The minimum absolute atomic E-state index is 0.0169. The number of esters is 2. The highest BCUT2D eigenvalue weighted by molar-refractivity contribution is 5.76. The van der Waals surface area contributed by atoms with Gasteiger partial charge in [-0.25, -0.2) is 0 Å². The van der Waals surface area contributed by atoms with Crippen molar-refractivity contribution in [2.45, 2.75) is 317 Å². The smallest absolute Gasteiger partial charge is 0.305 e. The van der Waals surface area contributed by atoms with Crippen molar-refractivity contribution < 1.29 is 29.0 Å². The van der Waals surface area contributed by atoms with Gasteiger partial charge in [-0.1, -0.05) is 214 Å². The standard InChI is InChI=1S/C65H129N3O6/c1-7-12-17-22-25-33-46-61(44-31-20-15-10-4)59-73-64(71)49-36-29-38-52-67(53-39-30-37-50-65(72)74-60-62(45-32-21-16-11-5)47-34-26-23-18-13-8-2)57-56-66(6)51-41-42-55-68(54-40-27-28-43-58-69)63(70)48-35-24-19-14-9-3/h61-62,69H,7-60H2,1-6H3. The van der Waals surface area contributed by atoms with Crippen molar-refractivity contribution >= 4 is 17.8 Å². The van der Waals surface area contributed by atoms with Crippen LogP contribution in [0.3, 0.4) is 0 Å². The van der Waals surface area contributed by atoms with Crippen LogP contribution in [0.25, 0.3) is 0 Å². The van der Waals surface area contributed by atoms with Crippen LogP contribution in [-0.4, -0.2) is 110 Å². The molecule has 74 heavy (non-hydrogen) atoms. The molecule has 0 bridgehead atoms. The number of likely N-dealkylation sites (N-methyl/N-ethyl adjacent to an activating group) is 1. The van der Waals surface area contributed by atoms with Gasteiger partial charge < -0.3 is 29.3 Å². The first kappa shape index (κ1) is 72.3. The predicted octanol–water partition coefficient (Wildman–Crippen LogP) is 17.6. The molecule has 9 nitrogen and oxygen atoms in total. The molecule has 0 aromatic heterocycles. The number of ether oxygens (including phenoxy) is 2. The summed E-state index contributed by atoms with van der Waals surface area (Å²) in [4.78, 5) is 46.4. The van der Waals surface area contributed by atoms with Crippen LogP contribution >= 0.6 is 0 Å². The second-order valence-corrected chi connectivity index (χ2v) is 23.1. The molecule has 0 saturated heterocycles. The zero-order valence-corrected chi connectivity index (χ0v) is 50.7. The molecule has 440 valence electrons. The van der Waals surface area contributed by atoms with Gasteiger partial charge in [-0.05, 0) is 122 Å². The van der Waals surface area contributed by atoms with Crippen LogP contribution in [0, 0.1) is 11.8 Å². The second kappa shape index (κ2) is 57.5. The first-order chi connectivity index (χ1) is 36.2. The molecule has 0 rings (SSSR count). The Morgan fingerprint density at radius 3 is 1.12 bits per heavy atom. The summed E-state index contributed by atoms with van der Waals surface area (Å²) in [5.74, 6) is 1.29. The van der Waals surface area contributed by atoms with Gasteiger partial charge in [0.15, 0.2) is 0 Å².